The van der Waals surface area contributed by atoms with Gasteiger partial charge < -0.3 is 15.1 Å². The van der Waals surface area contributed by atoms with Crippen LogP contribution in [-0.2, 0) is 9.59 Å². The van der Waals surface area contributed by atoms with Gasteiger partial charge in [0, 0.05) is 16.0 Å². The van der Waals surface area contributed by atoms with E-state index in [-0.39, 0.29) is 30.2 Å². The molecule has 4 rings (SSSR count). The number of nitrogens with zero attached hydrogens (tertiary/aromatic N) is 1. The molecule has 1 saturated heterocycles. The van der Waals surface area contributed by atoms with Crippen molar-refractivity contribution in [1.82, 2.24) is 4.90 Å². The number of hydrogen-bond donors (Lipinski definition) is 2. The molecule has 5 nitrogen and oxygen atoms in total. The number of piperidine rings is 1. The van der Waals surface area contributed by atoms with E-state index in [1.807, 2.05) is 30.3 Å². The highest BCUT2D eigenvalue weighted by molar-refractivity contribution is 6.30. The molecule has 2 aromatic carbocycles. The van der Waals surface area contributed by atoms with Gasteiger partial charge >= 0.3 is 5.97 Å². The van der Waals surface area contributed by atoms with Gasteiger partial charge in [0.15, 0.2) is 0 Å². The third-order valence-corrected chi connectivity index (χ3v) is 7.54. The maximum atomic E-state index is 14.1. The SMILES string of the molecule is C[C@H](O)[C@H](C1CC1)N1C(=O)[C@@](C)(CC(=O)O)CC(c2cccc(Cl)c2)[C@H]1c1ccc(Cl)cc1. The van der Waals surface area contributed by atoms with Crippen LogP contribution in [0.5, 0.6) is 0 Å². The van der Waals surface area contributed by atoms with Crippen molar-refractivity contribution in [2.75, 3.05) is 0 Å². The fraction of sp³-hybridized carbons (Fsp3) is 0.462. The van der Waals surface area contributed by atoms with Gasteiger partial charge in [-0.2, -0.15) is 0 Å². The van der Waals surface area contributed by atoms with Gasteiger partial charge in [0.05, 0.1) is 30.0 Å². The summed E-state index contributed by atoms with van der Waals surface area (Å²) in [4.78, 5) is 27.7. The van der Waals surface area contributed by atoms with Crippen molar-refractivity contribution in [3.63, 3.8) is 0 Å². The first-order valence-electron chi connectivity index (χ1n) is 11.3. The van der Waals surface area contributed by atoms with Gasteiger partial charge in [0.1, 0.15) is 0 Å². The molecule has 1 aliphatic carbocycles. The lowest BCUT2D eigenvalue weighted by Crippen LogP contribution is -2.59. The summed E-state index contributed by atoms with van der Waals surface area (Å²) in [6.07, 6.45) is 1.21. The van der Waals surface area contributed by atoms with Crippen molar-refractivity contribution in [1.29, 1.82) is 0 Å². The second kappa shape index (κ2) is 9.28. The zero-order valence-electron chi connectivity index (χ0n) is 18.7. The summed E-state index contributed by atoms with van der Waals surface area (Å²) >= 11 is 12.5. The topological polar surface area (TPSA) is 77.8 Å². The predicted octanol–water partition coefficient (Wildman–Crippen LogP) is 5.69. The van der Waals surface area contributed by atoms with Gasteiger partial charge in [0.25, 0.3) is 0 Å². The number of carbonyl (C=O) groups excluding carboxylic acids is 1. The molecule has 33 heavy (non-hydrogen) atoms. The number of aliphatic hydroxyl groups excluding tert-OH is 1. The molecule has 0 bridgehead atoms. The third kappa shape index (κ3) is 4.91. The number of aliphatic carboxylic acids is 1. The average molecular weight is 490 g/mol. The Hall–Kier alpha value is -2.08. The van der Waals surface area contributed by atoms with Crippen molar-refractivity contribution in [2.24, 2.45) is 11.3 Å². The molecule has 0 aromatic heterocycles. The lowest BCUT2D eigenvalue weighted by Gasteiger charge is -2.52. The Bertz CT molecular complexity index is 1030. The predicted molar refractivity (Wildman–Crippen MR) is 128 cm³/mol. The van der Waals surface area contributed by atoms with Crippen molar-refractivity contribution < 1.29 is 19.8 Å². The van der Waals surface area contributed by atoms with Crippen LogP contribution in [0.15, 0.2) is 48.5 Å². The first-order chi connectivity index (χ1) is 15.6. The van der Waals surface area contributed by atoms with E-state index in [0.717, 1.165) is 24.0 Å². The van der Waals surface area contributed by atoms with Gasteiger partial charge in [-0.3, -0.25) is 9.59 Å². The average Bonchev–Trinajstić information content (AvgIpc) is 3.56. The van der Waals surface area contributed by atoms with Crippen LogP contribution in [0.25, 0.3) is 0 Å². The van der Waals surface area contributed by atoms with Crippen LogP contribution >= 0.6 is 23.2 Å². The Labute approximate surface area is 204 Å². The lowest BCUT2D eigenvalue weighted by molar-refractivity contribution is -0.164. The molecule has 2 aliphatic rings. The van der Waals surface area contributed by atoms with E-state index in [1.165, 1.54) is 0 Å². The molecule has 0 spiro atoms. The van der Waals surface area contributed by atoms with Crippen molar-refractivity contribution in [3.05, 3.63) is 69.7 Å². The van der Waals surface area contributed by atoms with Gasteiger partial charge in [0.2, 0.25) is 5.91 Å². The van der Waals surface area contributed by atoms with Crippen molar-refractivity contribution >= 4 is 35.1 Å². The van der Waals surface area contributed by atoms with Crippen LogP contribution in [0.3, 0.4) is 0 Å². The molecule has 7 heteroatoms. The summed E-state index contributed by atoms with van der Waals surface area (Å²) < 4.78 is 0. The Morgan fingerprint density at radius 1 is 1.12 bits per heavy atom. The number of carboxylic acid groups (broad SMARTS) is 1. The summed E-state index contributed by atoms with van der Waals surface area (Å²) in [6, 6.07) is 14.2. The summed E-state index contributed by atoms with van der Waals surface area (Å²) in [6.45, 7) is 3.45. The smallest absolute Gasteiger partial charge is 0.304 e. The van der Waals surface area contributed by atoms with Crippen molar-refractivity contribution in [2.45, 2.75) is 63.6 Å². The molecular weight excluding hydrogens is 461 g/mol. The van der Waals surface area contributed by atoms with Gasteiger partial charge in [-0.15, -0.1) is 0 Å². The first-order valence-corrected chi connectivity index (χ1v) is 12.1. The van der Waals surface area contributed by atoms with E-state index >= 15 is 0 Å². The minimum absolute atomic E-state index is 0.191. The molecule has 2 aromatic rings. The largest absolute Gasteiger partial charge is 0.481 e. The van der Waals surface area contributed by atoms with Gasteiger partial charge in [-0.25, -0.2) is 0 Å². The van der Waals surface area contributed by atoms with E-state index in [2.05, 4.69) is 0 Å². The van der Waals surface area contributed by atoms with E-state index in [0.29, 0.717) is 16.5 Å². The standard InChI is InChI=1S/C26H29Cl2NO4/c1-15(30)23(16-6-7-16)29-24(17-8-10-19(27)11-9-17)21(18-4-3-5-20(28)12-18)13-26(2,25(29)33)14-22(31)32/h3-5,8-12,15-16,21,23-24,30H,6-7,13-14H2,1-2H3,(H,31,32)/t15-,21?,23+,24+,26+/m0/s1. The minimum atomic E-state index is -1.11. The second-order valence-electron chi connectivity index (χ2n) is 9.77. The molecule has 5 atom stereocenters. The van der Waals surface area contributed by atoms with Crippen LogP contribution in [0.4, 0.5) is 0 Å². The molecule has 1 heterocycles. The summed E-state index contributed by atoms with van der Waals surface area (Å²) in [5.41, 5.74) is 0.738. The van der Waals surface area contributed by atoms with E-state index in [1.54, 1.807) is 36.9 Å². The molecule has 1 saturated carbocycles. The number of amides is 1. The zero-order chi connectivity index (χ0) is 23.9. The van der Waals surface area contributed by atoms with Crippen LogP contribution < -0.4 is 0 Å². The maximum absolute atomic E-state index is 14.1. The van der Waals surface area contributed by atoms with E-state index in [9.17, 15) is 19.8 Å². The molecule has 1 amide bonds. The van der Waals surface area contributed by atoms with Crippen LogP contribution in [-0.4, -0.2) is 39.1 Å². The quantitative estimate of drug-likeness (QED) is 0.523. The first kappa shape index (κ1) is 24.1. The van der Waals surface area contributed by atoms with Crippen molar-refractivity contribution in [3.8, 4) is 0 Å². The Morgan fingerprint density at radius 3 is 2.33 bits per heavy atom. The number of likely N-dealkylation sites (tertiary alicyclic amines) is 1. The minimum Gasteiger partial charge on any atom is -0.481 e. The second-order valence-corrected chi connectivity index (χ2v) is 10.6. The molecule has 0 radical (unpaired) electrons. The fourth-order valence-electron chi connectivity index (χ4n) is 5.50. The summed E-state index contributed by atoms with van der Waals surface area (Å²) in [5.74, 6) is -1.25. The zero-order valence-corrected chi connectivity index (χ0v) is 20.3. The van der Waals surface area contributed by atoms with E-state index in [4.69, 9.17) is 23.2 Å². The Morgan fingerprint density at radius 2 is 1.79 bits per heavy atom. The summed E-state index contributed by atoms with van der Waals surface area (Å²) in [5, 5.41) is 21.6. The number of hydrogen-bond acceptors (Lipinski definition) is 3. The number of rotatable bonds is 7. The molecule has 2 fully saturated rings. The number of carbonyl (C=O) groups is 2. The molecule has 2 N–H and O–H groups in total. The third-order valence-electron chi connectivity index (χ3n) is 7.05. The Kier molecular flexibility index (Phi) is 6.77. The highest BCUT2D eigenvalue weighted by Gasteiger charge is 2.55. The summed E-state index contributed by atoms with van der Waals surface area (Å²) in [7, 11) is 0. The number of halogens is 2. The molecular formula is C26H29Cl2NO4. The monoisotopic (exact) mass is 489 g/mol. The maximum Gasteiger partial charge on any atom is 0.304 e. The lowest BCUT2D eigenvalue weighted by atomic mass is 9.66. The van der Waals surface area contributed by atoms with Gasteiger partial charge in [-0.05, 0) is 67.5 Å². The molecule has 176 valence electrons. The molecule has 1 unspecified atom stereocenters. The number of benzene rings is 2. The van der Waals surface area contributed by atoms with Gasteiger partial charge in [-0.1, -0.05) is 54.4 Å². The molecule has 1 aliphatic heterocycles. The highest BCUT2D eigenvalue weighted by atomic mass is 35.5. The fourth-order valence-corrected chi connectivity index (χ4v) is 5.82. The van der Waals surface area contributed by atoms with Crippen LogP contribution in [0, 0.1) is 11.3 Å². The van der Waals surface area contributed by atoms with Crippen LogP contribution in [0.1, 0.15) is 62.6 Å². The highest BCUT2D eigenvalue weighted by Crippen LogP contribution is 2.54. The van der Waals surface area contributed by atoms with E-state index < -0.39 is 23.5 Å². The Balaban J connectivity index is 1.92. The number of aliphatic hydroxyl groups is 1. The van der Waals surface area contributed by atoms with Crippen LogP contribution in [0.2, 0.25) is 10.0 Å². The normalized spacial score (nSPS) is 27.3. The number of carboxylic acids is 1.